The number of benzene rings is 1. The van der Waals surface area contributed by atoms with Crippen LogP contribution in [-0.4, -0.2) is 13.7 Å². The second-order valence-electron chi connectivity index (χ2n) is 3.81. The molecule has 2 rings (SSSR count). The van der Waals surface area contributed by atoms with E-state index in [2.05, 4.69) is 27.3 Å². The number of nitrogens with one attached hydrogen (secondary N) is 1. The molecule has 1 aromatic rings. The summed E-state index contributed by atoms with van der Waals surface area (Å²) in [7, 11) is -3.13. The molecule has 3 nitrogen and oxygen atoms in total. The zero-order valence-electron chi connectivity index (χ0n) is 8.33. The molecule has 0 spiro atoms. The van der Waals surface area contributed by atoms with Crippen molar-refractivity contribution in [3.63, 3.8) is 0 Å². The van der Waals surface area contributed by atoms with Crippen molar-refractivity contribution in [1.82, 2.24) is 0 Å². The monoisotopic (exact) mass is 337 g/mol. The molecule has 0 atom stereocenters. The number of sulfonamides is 1. The third-order valence-electron chi connectivity index (χ3n) is 2.42. The fraction of sp³-hybridized carbons (Fsp3) is 0.400. The van der Waals surface area contributed by atoms with Gasteiger partial charge in [-0.2, -0.15) is 0 Å². The van der Waals surface area contributed by atoms with Gasteiger partial charge in [-0.3, -0.25) is 4.72 Å². The zero-order chi connectivity index (χ0) is 11.1. The largest absolute Gasteiger partial charge is 0.283 e. The topological polar surface area (TPSA) is 46.2 Å². The quantitative estimate of drug-likeness (QED) is 0.862. The lowest BCUT2D eigenvalue weighted by Gasteiger charge is -2.09. The van der Waals surface area contributed by atoms with E-state index in [1.165, 1.54) is 0 Å². The van der Waals surface area contributed by atoms with E-state index in [-0.39, 0.29) is 5.25 Å². The predicted octanol–water partition coefficient (Wildman–Crippen LogP) is 2.50. The van der Waals surface area contributed by atoms with Crippen molar-refractivity contribution >= 4 is 38.3 Å². The van der Waals surface area contributed by atoms with Gasteiger partial charge in [0.1, 0.15) is 0 Å². The lowest BCUT2D eigenvalue weighted by Crippen LogP contribution is -2.18. The molecule has 1 N–H and O–H groups in total. The maximum atomic E-state index is 11.7. The molecule has 0 aromatic heterocycles. The standard InChI is InChI=1S/C10H12INO2S/c1-7-2-3-8(11)6-10(7)12-15(13,14)9-4-5-9/h2-3,6,9,12H,4-5H2,1H3. The van der Waals surface area contributed by atoms with E-state index >= 15 is 0 Å². The van der Waals surface area contributed by atoms with Crippen LogP contribution in [0.15, 0.2) is 18.2 Å². The number of halogens is 1. The molecule has 0 saturated heterocycles. The van der Waals surface area contributed by atoms with E-state index in [9.17, 15) is 8.42 Å². The molecule has 0 unspecified atom stereocenters. The van der Waals surface area contributed by atoms with Gasteiger partial charge in [0, 0.05) is 3.57 Å². The number of rotatable bonds is 3. The smallest absolute Gasteiger partial charge is 0.235 e. The van der Waals surface area contributed by atoms with E-state index in [0.717, 1.165) is 22.0 Å². The molecular formula is C10H12INO2S. The summed E-state index contributed by atoms with van der Waals surface area (Å²) in [5, 5.41) is -0.172. The maximum absolute atomic E-state index is 11.7. The molecule has 0 amide bonds. The van der Waals surface area contributed by atoms with Gasteiger partial charge in [-0.1, -0.05) is 6.07 Å². The Morgan fingerprint density at radius 1 is 1.40 bits per heavy atom. The first kappa shape index (κ1) is 11.2. The molecule has 1 aromatic carbocycles. The van der Waals surface area contributed by atoms with Crippen molar-refractivity contribution in [3.05, 3.63) is 27.3 Å². The van der Waals surface area contributed by atoms with Gasteiger partial charge in [0.2, 0.25) is 10.0 Å². The van der Waals surface area contributed by atoms with Gasteiger partial charge in [-0.05, 0) is 60.1 Å². The van der Waals surface area contributed by atoms with E-state index in [0.29, 0.717) is 5.69 Å². The van der Waals surface area contributed by atoms with Crippen LogP contribution in [0.2, 0.25) is 0 Å². The molecule has 1 fully saturated rings. The van der Waals surface area contributed by atoms with Crippen molar-refractivity contribution in [3.8, 4) is 0 Å². The van der Waals surface area contributed by atoms with Crippen molar-refractivity contribution in [2.45, 2.75) is 25.0 Å². The van der Waals surface area contributed by atoms with Crippen LogP contribution in [-0.2, 0) is 10.0 Å². The molecule has 5 heteroatoms. The number of hydrogen-bond acceptors (Lipinski definition) is 2. The molecule has 0 radical (unpaired) electrons. The lowest BCUT2D eigenvalue weighted by atomic mass is 10.2. The van der Waals surface area contributed by atoms with E-state index in [4.69, 9.17) is 0 Å². The highest BCUT2D eigenvalue weighted by molar-refractivity contribution is 14.1. The summed E-state index contributed by atoms with van der Waals surface area (Å²) >= 11 is 2.17. The van der Waals surface area contributed by atoms with Gasteiger partial charge >= 0.3 is 0 Å². The minimum atomic E-state index is -3.13. The van der Waals surface area contributed by atoms with Crippen LogP contribution in [0.4, 0.5) is 5.69 Å². The summed E-state index contributed by atoms with van der Waals surface area (Å²) in [6, 6.07) is 5.74. The fourth-order valence-electron chi connectivity index (χ4n) is 1.32. The molecule has 1 aliphatic carbocycles. The van der Waals surface area contributed by atoms with E-state index in [1.54, 1.807) is 0 Å². The van der Waals surface area contributed by atoms with E-state index in [1.807, 2.05) is 25.1 Å². The average Bonchev–Trinajstić information content (AvgIpc) is 2.93. The van der Waals surface area contributed by atoms with Crippen LogP contribution in [0.3, 0.4) is 0 Å². The van der Waals surface area contributed by atoms with E-state index < -0.39 is 10.0 Å². The Hall–Kier alpha value is -0.300. The van der Waals surface area contributed by atoms with Crippen molar-refractivity contribution in [1.29, 1.82) is 0 Å². The predicted molar refractivity (Wildman–Crippen MR) is 69.5 cm³/mol. The Kier molecular flexibility index (Phi) is 2.94. The zero-order valence-corrected chi connectivity index (χ0v) is 11.3. The van der Waals surface area contributed by atoms with Crippen LogP contribution in [0.1, 0.15) is 18.4 Å². The summed E-state index contributed by atoms with van der Waals surface area (Å²) in [6.45, 7) is 1.90. The third kappa shape index (κ3) is 2.63. The van der Waals surface area contributed by atoms with Crippen LogP contribution in [0.5, 0.6) is 0 Å². The van der Waals surface area contributed by atoms with Crippen LogP contribution < -0.4 is 4.72 Å². The Morgan fingerprint density at radius 2 is 2.07 bits per heavy atom. The van der Waals surface area contributed by atoms with Crippen molar-refractivity contribution in [2.24, 2.45) is 0 Å². The molecule has 15 heavy (non-hydrogen) atoms. The number of hydrogen-bond donors (Lipinski definition) is 1. The molecule has 0 bridgehead atoms. The first-order valence-corrected chi connectivity index (χ1v) is 7.39. The van der Waals surface area contributed by atoms with Gasteiger partial charge in [0.05, 0.1) is 10.9 Å². The molecule has 1 aliphatic rings. The summed E-state index contributed by atoms with van der Waals surface area (Å²) in [6.07, 6.45) is 1.58. The molecule has 0 aliphatic heterocycles. The summed E-state index contributed by atoms with van der Waals surface area (Å²) in [4.78, 5) is 0. The van der Waals surface area contributed by atoms with Gasteiger partial charge in [0.15, 0.2) is 0 Å². The van der Waals surface area contributed by atoms with Gasteiger partial charge < -0.3 is 0 Å². The van der Waals surface area contributed by atoms with Crippen LogP contribution in [0.25, 0.3) is 0 Å². The average molecular weight is 337 g/mol. The Bertz CT molecular complexity index is 480. The molecular weight excluding hydrogens is 325 g/mol. The number of aryl methyl sites for hydroxylation is 1. The second-order valence-corrected chi connectivity index (χ2v) is 7.01. The second kappa shape index (κ2) is 3.93. The highest BCUT2D eigenvalue weighted by Gasteiger charge is 2.35. The first-order chi connectivity index (χ1) is 6.99. The van der Waals surface area contributed by atoms with Gasteiger partial charge in [-0.25, -0.2) is 8.42 Å². The summed E-state index contributed by atoms with van der Waals surface area (Å²) in [5.74, 6) is 0. The number of anilines is 1. The molecule has 82 valence electrons. The van der Waals surface area contributed by atoms with Gasteiger partial charge in [0.25, 0.3) is 0 Å². The van der Waals surface area contributed by atoms with Crippen molar-refractivity contribution in [2.75, 3.05) is 4.72 Å². The van der Waals surface area contributed by atoms with Gasteiger partial charge in [-0.15, -0.1) is 0 Å². The lowest BCUT2D eigenvalue weighted by molar-refractivity contribution is 0.600. The molecule has 0 heterocycles. The highest BCUT2D eigenvalue weighted by atomic mass is 127. The molecule has 1 saturated carbocycles. The van der Waals surface area contributed by atoms with Crippen LogP contribution in [0, 0.1) is 10.5 Å². The maximum Gasteiger partial charge on any atom is 0.235 e. The minimum Gasteiger partial charge on any atom is -0.283 e. The summed E-state index contributed by atoms with van der Waals surface area (Å²) < 4.78 is 27.1. The third-order valence-corrected chi connectivity index (χ3v) is 4.94. The SMILES string of the molecule is Cc1ccc(I)cc1NS(=O)(=O)C1CC1. The Morgan fingerprint density at radius 3 is 2.67 bits per heavy atom. The summed E-state index contributed by atoms with van der Waals surface area (Å²) in [5.41, 5.74) is 1.66. The fourth-order valence-corrected chi connectivity index (χ4v) is 3.26. The Balaban J connectivity index is 2.27. The highest BCUT2D eigenvalue weighted by Crippen LogP contribution is 2.30. The van der Waals surface area contributed by atoms with Crippen molar-refractivity contribution < 1.29 is 8.42 Å². The normalized spacial score (nSPS) is 16.4. The first-order valence-electron chi connectivity index (χ1n) is 4.77. The minimum absolute atomic E-state index is 0.172. The van der Waals surface area contributed by atoms with Crippen LogP contribution >= 0.6 is 22.6 Å². The Labute approximate surface area is 103 Å².